The Morgan fingerprint density at radius 1 is 1.09 bits per heavy atom. The van der Waals surface area contributed by atoms with Crippen molar-refractivity contribution in [2.45, 2.75) is 4.90 Å². The summed E-state index contributed by atoms with van der Waals surface area (Å²) in [5.41, 5.74) is -1.31. The predicted molar refractivity (Wildman–Crippen MR) is 115 cm³/mol. The Morgan fingerprint density at radius 3 is 2.58 bits per heavy atom. The van der Waals surface area contributed by atoms with Gasteiger partial charge in [-0.05, 0) is 42.5 Å². The Morgan fingerprint density at radius 2 is 1.85 bits per heavy atom. The van der Waals surface area contributed by atoms with Crippen LogP contribution in [0.1, 0.15) is 26.3 Å². The lowest BCUT2D eigenvalue weighted by Gasteiger charge is -2.15. The van der Waals surface area contributed by atoms with Crippen LogP contribution < -0.4 is 4.53 Å². The molecule has 0 unspecified atom stereocenters. The summed E-state index contributed by atoms with van der Waals surface area (Å²) < 4.78 is 54.1. The molecule has 0 saturated carbocycles. The highest BCUT2D eigenvalue weighted by Gasteiger charge is 2.28. The molecule has 33 heavy (non-hydrogen) atoms. The number of carbonyl (C=O) groups is 2. The van der Waals surface area contributed by atoms with E-state index in [0.717, 1.165) is 42.5 Å². The molecule has 4 rings (SSSR count). The molecular weight excluding hydrogens is 480 g/mol. The Kier molecular flexibility index (Phi) is 5.60. The summed E-state index contributed by atoms with van der Waals surface area (Å²) in [6.07, 6.45) is 2.63. The third-order valence-corrected chi connectivity index (χ3v) is 6.42. The number of anilines is 1. The SMILES string of the molecule is O=C(O)c1cccc(S(=O)(=O)N(F)c2ccc(F)c(C(=O)c3c[nH]c4ncc(Cl)cc34)c2)c1. The molecule has 0 saturated heterocycles. The lowest BCUT2D eigenvalue weighted by molar-refractivity contribution is 0.0696. The molecule has 0 amide bonds. The van der Waals surface area contributed by atoms with Crippen LogP contribution in [-0.2, 0) is 10.0 Å². The second-order valence-electron chi connectivity index (χ2n) is 6.80. The van der Waals surface area contributed by atoms with E-state index in [1.807, 2.05) is 0 Å². The fourth-order valence-corrected chi connectivity index (χ4v) is 4.39. The number of aromatic nitrogens is 2. The summed E-state index contributed by atoms with van der Waals surface area (Å²) in [5, 5.41) is 9.57. The van der Waals surface area contributed by atoms with E-state index >= 15 is 0 Å². The normalized spacial score (nSPS) is 11.5. The van der Waals surface area contributed by atoms with Crippen molar-refractivity contribution in [1.82, 2.24) is 9.97 Å². The van der Waals surface area contributed by atoms with E-state index in [1.165, 1.54) is 18.5 Å². The molecule has 0 spiro atoms. The van der Waals surface area contributed by atoms with Crippen LogP contribution in [0.3, 0.4) is 0 Å². The fraction of sp³-hybridized carbons (Fsp3) is 0. The number of fused-ring (bicyclic) bond motifs is 1. The number of nitrogens with one attached hydrogen (secondary N) is 1. The second kappa shape index (κ2) is 8.26. The minimum atomic E-state index is -4.86. The number of rotatable bonds is 6. The number of benzene rings is 2. The van der Waals surface area contributed by atoms with Gasteiger partial charge in [0.2, 0.25) is 0 Å². The lowest BCUT2D eigenvalue weighted by atomic mass is 10.0. The van der Waals surface area contributed by atoms with Gasteiger partial charge < -0.3 is 10.1 Å². The van der Waals surface area contributed by atoms with Crippen LogP contribution in [0.2, 0.25) is 5.02 Å². The minimum absolute atomic E-state index is 0.00141. The third-order valence-electron chi connectivity index (χ3n) is 4.73. The van der Waals surface area contributed by atoms with Crippen molar-refractivity contribution in [2.75, 3.05) is 4.53 Å². The van der Waals surface area contributed by atoms with Crippen molar-refractivity contribution in [3.8, 4) is 0 Å². The number of carboxylic acid groups (broad SMARTS) is 1. The number of carboxylic acids is 1. The molecule has 0 fully saturated rings. The van der Waals surface area contributed by atoms with Gasteiger partial charge in [-0.15, -0.1) is 0 Å². The molecule has 2 aromatic carbocycles. The molecule has 0 aliphatic rings. The van der Waals surface area contributed by atoms with Gasteiger partial charge in [-0.1, -0.05) is 26.7 Å². The quantitative estimate of drug-likeness (QED) is 0.305. The first-order valence-electron chi connectivity index (χ1n) is 9.11. The van der Waals surface area contributed by atoms with E-state index in [0.29, 0.717) is 11.0 Å². The minimum Gasteiger partial charge on any atom is -0.478 e. The van der Waals surface area contributed by atoms with Crippen molar-refractivity contribution >= 4 is 50.1 Å². The number of hydrogen-bond donors (Lipinski definition) is 2. The van der Waals surface area contributed by atoms with Gasteiger partial charge in [-0.3, -0.25) is 4.79 Å². The molecule has 8 nitrogen and oxygen atoms in total. The van der Waals surface area contributed by atoms with Gasteiger partial charge in [-0.25, -0.2) is 14.2 Å². The smallest absolute Gasteiger partial charge is 0.335 e. The van der Waals surface area contributed by atoms with Crippen LogP contribution >= 0.6 is 11.6 Å². The van der Waals surface area contributed by atoms with Crippen LogP contribution in [0, 0.1) is 5.82 Å². The first-order valence-corrected chi connectivity index (χ1v) is 10.9. The number of sulfonamides is 1. The first kappa shape index (κ1) is 22.4. The van der Waals surface area contributed by atoms with Crippen LogP contribution in [0.4, 0.5) is 14.6 Å². The van der Waals surface area contributed by atoms with Crippen LogP contribution in [-0.4, -0.2) is 35.2 Å². The Labute approximate surface area is 190 Å². The van der Waals surface area contributed by atoms with Crippen molar-refractivity contribution in [3.05, 3.63) is 88.5 Å². The Bertz CT molecular complexity index is 1540. The van der Waals surface area contributed by atoms with Gasteiger partial charge in [0.05, 0.1) is 26.7 Å². The first-order chi connectivity index (χ1) is 15.6. The van der Waals surface area contributed by atoms with Crippen LogP contribution in [0.5, 0.6) is 0 Å². The highest BCUT2D eigenvalue weighted by molar-refractivity contribution is 7.92. The zero-order valence-corrected chi connectivity index (χ0v) is 17.9. The van der Waals surface area contributed by atoms with E-state index < -0.39 is 48.3 Å². The third kappa shape index (κ3) is 4.03. The molecule has 0 radical (unpaired) electrons. The Hall–Kier alpha value is -3.83. The van der Waals surface area contributed by atoms with Crippen LogP contribution in [0.15, 0.2) is 65.8 Å². The molecule has 2 heterocycles. The summed E-state index contributed by atoms with van der Waals surface area (Å²) in [6.45, 7) is 0. The lowest BCUT2D eigenvalue weighted by Crippen LogP contribution is -2.23. The summed E-state index contributed by atoms with van der Waals surface area (Å²) >= 11 is 5.91. The monoisotopic (exact) mass is 491 g/mol. The largest absolute Gasteiger partial charge is 0.478 e. The number of hydrogen-bond acceptors (Lipinski definition) is 5. The van der Waals surface area contributed by atoms with E-state index in [9.17, 15) is 26.9 Å². The average Bonchev–Trinajstić information content (AvgIpc) is 3.21. The van der Waals surface area contributed by atoms with E-state index in [1.54, 1.807) is 0 Å². The van der Waals surface area contributed by atoms with Gasteiger partial charge in [0, 0.05) is 23.3 Å². The van der Waals surface area contributed by atoms with Crippen molar-refractivity contribution in [1.29, 1.82) is 0 Å². The topological polar surface area (TPSA) is 120 Å². The van der Waals surface area contributed by atoms with Gasteiger partial charge in [-0.2, -0.15) is 8.42 Å². The highest BCUT2D eigenvalue weighted by Crippen LogP contribution is 2.29. The molecule has 0 aliphatic carbocycles. The average molecular weight is 492 g/mol. The number of ketones is 1. The van der Waals surface area contributed by atoms with Crippen molar-refractivity contribution < 1.29 is 32.0 Å². The number of H-pyrrole nitrogens is 1. The Balaban J connectivity index is 1.75. The molecule has 4 aromatic rings. The van der Waals surface area contributed by atoms with E-state index in [4.69, 9.17) is 16.7 Å². The van der Waals surface area contributed by atoms with Crippen molar-refractivity contribution in [2.24, 2.45) is 0 Å². The number of carbonyl (C=O) groups excluding carboxylic acids is 1. The number of pyridine rings is 1. The number of aromatic carboxylic acids is 1. The standard InChI is InChI=1S/C21H12ClF2N3O5S/c22-12-7-15-17(10-26-20(15)25-9-12)19(28)16-8-13(4-5-18(16)23)27(24)33(31,32)14-3-1-2-11(6-14)21(29)30/h1-10H,(H,25,26)(H,29,30). The molecular formula is C21H12ClF2N3O5S. The molecule has 0 aliphatic heterocycles. The molecule has 0 atom stereocenters. The molecule has 0 bridgehead atoms. The predicted octanol–water partition coefficient (Wildman–Crippen LogP) is 4.36. The van der Waals surface area contributed by atoms with Crippen molar-refractivity contribution in [3.63, 3.8) is 0 Å². The molecule has 2 N–H and O–H groups in total. The summed E-state index contributed by atoms with van der Waals surface area (Å²) in [6, 6.07) is 7.83. The summed E-state index contributed by atoms with van der Waals surface area (Å²) in [7, 11) is -4.86. The molecule has 2 aromatic heterocycles. The van der Waals surface area contributed by atoms with Gasteiger partial charge in [0.25, 0.3) is 10.0 Å². The second-order valence-corrected chi connectivity index (χ2v) is 8.98. The summed E-state index contributed by atoms with van der Waals surface area (Å²) in [5.74, 6) is -3.27. The number of halogens is 3. The molecule has 168 valence electrons. The van der Waals surface area contributed by atoms with Crippen LogP contribution in [0.25, 0.3) is 11.0 Å². The van der Waals surface area contributed by atoms with Gasteiger partial charge in [0.1, 0.15) is 11.5 Å². The summed E-state index contributed by atoms with van der Waals surface area (Å²) in [4.78, 5) is 30.2. The number of nitrogens with zero attached hydrogens (tertiary/aromatic N) is 2. The molecule has 12 heteroatoms. The van der Waals surface area contributed by atoms with Gasteiger partial charge in [0.15, 0.2) is 5.78 Å². The zero-order chi connectivity index (χ0) is 23.9. The van der Waals surface area contributed by atoms with E-state index in [2.05, 4.69) is 9.97 Å². The maximum Gasteiger partial charge on any atom is 0.335 e. The highest BCUT2D eigenvalue weighted by atomic mass is 35.5. The van der Waals surface area contributed by atoms with Gasteiger partial charge >= 0.3 is 5.97 Å². The number of aromatic amines is 1. The van der Waals surface area contributed by atoms with E-state index in [-0.39, 0.29) is 16.1 Å². The fourth-order valence-electron chi connectivity index (χ4n) is 3.13. The zero-order valence-electron chi connectivity index (χ0n) is 16.3. The maximum atomic E-state index is 15.0. The maximum absolute atomic E-state index is 15.0.